The van der Waals surface area contributed by atoms with E-state index in [4.69, 9.17) is 4.74 Å². The molecule has 1 unspecified atom stereocenters. The summed E-state index contributed by atoms with van der Waals surface area (Å²) in [7, 11) is 3.77. The van der Waals surface area contributed by atoms with E-state index in [1.54, 1.807) is 7.11 Å². The third-order valence-electron chi connectivity index (χ3n) is 3.29. The number of methoxy groups -OCH3 is 1. The predicted molar refractivity (Wildman–Crippen MR) is 67.2 cm³/mol. The van der Waals surface area contributed by atoms with Crippen LogP contribution in [0.1, 0.15) is 19.4 Å². The summed E-state index contributed by atoms with van der Waals surface area (Å²) < 4.78 is 5.24. The maximum absolute atomic E-state index is 5.24. The van der Waals surface area contributed by atoms with Gasteiger partial charge in [0.05, 0.1) is 12.5 Å². The molecular weight excluding hydrogens is 206 g/mol. The van der Waals surface area contributed by atoms with Gasteiger partial charge >= 0.3 is 0 Å². The molecule has 0 fully saturated rings. The van der Waals surface area contributed by atoms with Gasteiger partial charge in [0, 0.05) is 24.2 Å². The van der Waals surface area contributed by atoms with E-state index in [2.05, 4.69) is 50.6 Å². The molecule has 15 heavy (non-hydrogen) atoms. The van der Waals surface area contributed by atoms with Crippen molar-refractivity contribution in [3.8, 4) is 5.75 Å². The minimum atomic E-state index is 0.0828. The maximum Gasteiger partial charge on any atom is 0.120 e. The van der Waals surface area contributed by atoms with E-state index < -0.39 is 0 Å². The third-order valence-corrected chi connectivity index (χ3v) is 4.28. The molecule has 1 aromatic rings. The average molecular weight is 223 g/mol. The Balaban J connectivity index is 2.56. The van der Waals surface area contributed by atoms with Crippen molar-refractivity contribution in [3.63, 3.8) is 0 Å². The first-order valence-electron chi connectivity index (χ1n) is 5.08. The monoisotopic (exact) mass is 223 g/mol. The van der Waals surface area contributed by atoms with Crippen LogP contribution < -0.4 is 9.64 Å². The van der Waals surface area contributed by atoms with E-state index in [1.807, 2.05) is 6.07 Å². The number of anilines is 1. The first-order chi connectivity index (χ1) is 6.98. The van der Waals surface area contributed by atoms with Crippen LogP contribution in [-0.4, -0.2) is 19.5 Å². The van der Waals surface area contributed by atoms with Gasteiger partial charge in [0.25, 0.3) is 0 Å². The van der Waals surface area contributed by atoms with Crippen molar-refractivity contribution in [1.29, 1.82) is 0 Å². The maximum atomic E-state index is 5.24. The SMILES string of the molecule is COc1ccc2c(c1)N(C)C(S)C2(C)C. The van der Waals surface area contributed by atoms with E-state index >= 15 is 0 Å². The summed E-state index contributed by atoms with van der Waals surface area (Å²) in [6.07, 6.45) is 0. The van der Waals surface area contributed by atoms with Crippen molar-refractivity contribution in [3.05, 3.63) is 23.8 Å². The van der Waals surface area contributed by atoms with Gasteiger partial charge in [-0.3, -0.25) is 0 Å². The standard InChI is InChI=1S/C12H17NOS/c1-12(2)9-6-5-8(14-4)7-10(9)13(3)11(12)15/h5-7,11,15H,1-4H3. The van der Waals surface area contributed by atoms with Crippen LogP contribution in [0, 0.1) is 0 Å². The van der Waals surface area contributed by atoms with Crippen LogP contribution in [-0.2, 0) is 5.41 Å². The first-order valence-corrected chi connectivity index (χ1v) is 5.59. The molecule has 1 aromatic carbocycles. The van der Waals surface area contributed by atoms with Crippen LogP contribution in [0.25, 0.3) is 0 Å². The van der Waals surface area contributed by atoms with Crippen molar-refractivity contribution in [2.75, 3.05) is 19.1 Å². The highest BCUT2D eigenvalue weighted by Crippen LogP contribution is 2.46. The van der Waals surface area contributed by atoms with Crippen molar-refractivity contribution in [2.45, 2.75) is 24.6 Å². The van der Waals surface area contributed by atoms with Crippen LogP contribution in [0.4, 0.5) is 5.69 Å². The third kappa shape index (κ3) is 1.41. The zero-order valence-electron chi connectivity index (χ0n) is 9.61. The van der Waals surface area contributed by atoms with E-state index in [1.165, 1.54) is 11.3 Å². The molecule has 2 rings (SSSR count). The molecule has 0 aromatic heterocycles. The molecule has 0 spiro atoms. The number of hydrogen-bond donors (Lipinski definition) is 1. The molecule has 2 nitrogen and oxygen atoms in total. The lowest BCUT2D eigenvalue weighted by Gasteiger charge is -2.27. The molecule has 1 heterocycles. The van der Waals surface area contributed by atoms with E-state index in [0.29, 0.717) is 0 Å². The minimum absolute atomic E-state index is 0.0828. The lowest BCUT2D eigenvalue weighted by molar-refractivity contribution is 0.415. The summed E-state index contributed by atoms with van der Waals surface area (Å²) in [5, 5.41) is 0.222. The smallest absolute Gasteiger partial charge is 0.120 e. The molecule has 1 aliphatic heterocycles. The molecular formula is C12H17NOS. The van der Waals surface area contributed by atoms with Crippen LogP contribution in [0.3, 0.4) is 0 Å². The van der Waals surface area contributed by atoms with Gasteiger partial charge < -0.3 is 9.64 Å². The highest BCUT2D eigenvalue weighted by Gasteiger charge is 2.40. The summed E-state index contributed by atoms with van der Waals surface area (Å²) in [4.78, 5) is 2.20. The lowest BCUT2D eigenvalue weighted by atomic mass is 9.86. The quantitative estimate of drug-likeness (QED) is 0.735. The van der Waals surface area contributed by atoms with Gasteiger partial charge in [0.1, 0.15) is 5.75 Å². The summed E-state index contributed by atoms with van der Waals surface area (Å²) in [6, 6.07) is 6.23. The highest BCUT2D eigenvalue weighted by molar-refractivity contribution is 7.81. The molecule has 0 aliphatic carbocycles. The Kier molecular flexibility index (Phi) is 2.38. The zero-order chi connectivity index (χ0) is 11.2. The summed E-state index contributed by atoms with van der Waals surface area (Å²) in [5.74, 6) is 0.902. The molecule has 0 radical (unpaired) electrons. The van der Waals surface area contributed by atoms with Crippen LogP contribution in [0.5, 0.6) is 5.75 Å². The Morgan fingerprint density at radius 2 is 2.07 bits per heavy atom. The highest BCUT2D eigenvalue weighted by atomic mass is 32.1. The number of rotatable bonds is 1. The number of benzene rings is 1. The molecule has 0 N–H and O–H groups in total. The topological polar surface area (TPSA) is 12.5 Å². The Morgan fingerprint density at radius 1 is 1.40 bits per heavy atom. The lowest BCUT2D eigenvalue weighted by Crippen LogP contribution is -2.34. The number of ether oxygens (including phenoxy) is 1. The first kappa shape index (κ1) is 10.7. The summed E-state index contributed by atoms with van der Waals surface area (Å²) in [5.41, 5.74) is 2.64. The Morgan fingerprint density at radius 3 is 2.67 bits per heavy atom. The van der Waals surface area contributed by atoms with Crippen LogP contribution in [0.15, 0.2) is 18.2 Å². The second kappa shape index (κ2) is 3.34. The van der Waals surface area contributed by atoms with E-state index in [-0.39, 0.29) is 10.8 Å². The van der Waals surface area contributed by atoms with Crippen LogP contribution in [0.2, 0.25) is 0 Å². The largest absolute Gasteiger partial charge is 0.497 e. The van der Waals surface area contributed by atoms with Gasteiger partial charge in [-0.15, -0.1) is 0 Å². The Labute approximate surface area is 96.6 Å². The molecule has 3 heteroatoms. The number of fused-ring (bicyclic) bond motifs is 1. The number of thiol groups is 1. The fraction of sp³-hybridized carbons (Fsp3) is 0.500. The molecule has 1 atom stereocenters. The van der Waals surface area contributed by atoms with E-state index in [9.17, 15) is 0 Å². The Bertz CT molecular complexity index is 389. The Hall–Kier alpha value is -0.830. The van der Waals surface area contributed by atoms with Gasteiger partial charge in [-0.25, -0.2) is 0 Å². The molecule has 1 aliphatic rings. The van der Waals surface area contributed by atoms with Gasteiger partial charge in [-0.1, -0.05) is 19.9 Å². The van der Waals surface area contributed by atoms with Crippen LogP contribution >= 0.6 is 12.6 Å². The fourth-order valence-corrected chi connectivity index (χ4v) is 2.49. The van der Waals surface area contributed by atoms with Gasteiger partial charge in [-0.05, 0) is 11.6 Å². The molecule has 82 valence electrons. The summed E-state index contributed by atoms with van der Waals surface area (Å²) in [6.45, 7) is 4.44. The normalized spacial score (nSPS) is 22.7. The van der Waals surface area contributed by atoms with Gasteiger partial charge in [0.15, 0.2) is 0 Å². The number of likely N-dealkylation sites (N-methyl/N-ethyl adjacent to an activating group) is 1. The molecule has 0 saturated carbocycles. The van der Waals surface area contributed by atoms with Gasteiger partial charge in [0.2, 0.25) is 0 Å². The fourth-order valence-electron chi connectivity index (χ4n) is 2.23. The second-order valence-corrected chi connectivity index (χ2v) is 5.08. The minimum Gasteiger partial charge on any atom is -0.497 e. The zero-order valence-corrected chi connectivity index (χ0v) is 10.5. The van der Waals surface area contributed by atoms with Crippen molar-refractivity contribution in [1.82, 2.24) is 0 Å². The van der Waals surface area contributed by atoms with Crippen molar-refractivity contribution >= 4 is 18.3 Å². The average Bonchev–Trinajstić information content (AvgIpc) is 2.40. The van der Waals surface area contributed by atoms with Crippen molar-refractivity contribution < 1.29 is 4.74 Å². The molecule has 0 amide bonds. The summed E-state index contributed by atoms with van der Waals surface area (Å²) >= 11 is 4.66. The molecule has 0 saturated heterocycles. The molecule has 0 bridgehead atoms. The van der Waals surface area contributed by atoms with Crippen molar-refractivity contribution in [2.24, 2.45) is 0 Å². The number of hydrogen-bond acceptors (Lipinski definition) is 3. The second-order valence-electron chi connectivity index (χ2n) is 4.59. The van der Waals surface area contributed by atoms with E-state index in [0.717, 1.165) is 5.75 Å². The number of nitrogens with zero attached hydrogens (tertiary/aromatic N) is 1. The van der Waals surface area contributed by atoms with Gasteiger partial charge in [-0.2, -0.15) is 12.6 Å². The predicted octanol–water partition coefficient (Wildman–Crippen LogP) is 2.68.